The summed E-state index contributed by atoms with van der Waals surface area (Å²) in [6, 6.07) is 6.77. The van der Waals surface area contributed by atoms with Crippen LogP contribution in [-0.2, 0) is 11.3 Å². The number of likely N-dealkylation sites (tertiary alicyclic amines) is 2. The van der Waals surface area contributed by atoms with Gasteiger partial charge in [0.2, 0.25) is 5.91 Å². The molecule has 0 radical (unpaired) electrons. The third-order valence-electron chi connectivity index (χ3n) is 5.54. The van der Waals surface area contributed by atoms with Gasteiger partial charge in [0.15, 0.2) is 0 Å². The molecule has 0 aliphatic carbocycles. The van der Waals surface area contributed by atoms with E-state index < -0.39 is 0 Å². The van der Waals surface area contributed by atoms with Gasteiger partial charge in [-0.2, -0.15) is 0 Å². The maximum absolute atomic E-state index is 13.9. The summed E-state index contributed by atoms with van der Waals surface area (Å²) in [5.74, 6) is -0.000635. The average molecular weight is 330 g/mol. The zero-order valence-corrected chi connectivity index (χ0v) is 14.7. The van der Waals surface area contributed by atoms with Gasteiger partial charge >= 0.3 is 0 Å². The molecule has 2 aliphatic heterocycles. The van der Waals surface area contributed by atoms with Crippen molar-refractivity contribution in [2.24, 2.45) is 5.41 Å². The number of rotatable bonds is 4. The van der Waals surface area contributed by atoms with Crippen LogP contribution in [0.2, 0.25) is 0 Å². The summed E-state index contributed by atoms with van der Waals surface area (Å²) in [4.78, 5) is 17.4. The molecule has 130 valence electrons. The van der Waals surface area contributed by atoms with Gasteiger partial charge in [-0.3, -0.25) is 9.69 Å². The fourth-order valence-electron chi connectivity index (χ4n) is 4.05. The SMILES string of the molecule is CC=C(C)CN1CCC2(CCCN(Cc3ccccc3F)C2=O)C1. The summed E-state index contributed by atoms with van der Waals surface area (Å²) in [5, 5.41) is 0. The van der Waals surface area contributed by atoms with E-state index in [1.807, 2.05) is 11.0 Å². The van der Waals surface area contributed by atoms with E-state index in [1.54, 1.807) is 12.1 Å². The minimum Gasteiger partial charge on any atom is -0.338 e. The van der Waals surface area contributed by atoms with Gasteiger partial charge in [-0.15, -0.1) is 0 Å². The smallest absolute Gasteiger partial charge is 0.230 e. The van der Waals surface area contributed by atoms with Crippen LogP contribution in [0.25, 0.3) is 0 Å². The summed E-state index contributed by atoms with van der Waals surface area (Å²) < 4.78 is 13.9. The van der Waals surface area contributed by atoms with Gasteiger partial charge in [-0.05, 0) is 45.7 Å². The molecule has 3 rings (SSSR count). The first-order valence-corrected chi connectivity index (χ1v) is 8.91. The number of carbonyl (C=O) groups excluding carboxylic acids is 1. The van der Waals surface area contributed by atoms with Crippen molar-refractivity contribution >= 4 is 5.91 Å². The van der Waals surface area contributed by atoms with Gasteiger partial charge in [0.05, 0.1) is 5.41 Å². The van der Waals surface area contributed by atoms with Crippen LogP contribution in [0, 0.1) is 11.2 Å². The van der Waals surface area contributed by atoms with E-state index in [2.05, 4.69) is 24.8 Å². The second-order valence-corrected chi connectivity index (χ2v) is 7.30. The normalized spacial score (nSPS) is 25.7. The van der Waals surface area contributed by atoms with Gasteiger partial charge in [0, 0.05) is 31.7 Å². The fourth-order valence-corrected chi connectivity index (χ4v) is 4.05. The molecular formula is C20H27FN2O. The van der Waals surface area contributed by atoms with Crippen molar-refractivity contribution in [2.45, 2.75) is 39.7 Å². The van der Waals surface area contributed by atoms with E-state index >= 15 is 0 Å². The molecule has 1 aromatic carbocycles. The van der Waals surface area contributed by atoms with Crippen molar-refractivity contribution in [2.75, 3.05) is 26.2 Å². The average Bonchev–Trinajstić information content (AvgIpc) is 2.97. The zero-order chi connectivity index (χ0) is 17.2. The predicted octanol–water partition coefficient (Wildman–Crippen LogP) is 3.61. The topological polar surface area (TPSA) is 23.6 Å². The van der Waals surface area contributed by atoms with Gasteiger partial charge in [-0.1, -0.05) is 29.8 Å². The van der Waals surface area contributed by atoms with Crippen LogP contribution >= 0.6 is 0 Å². The standard InChI is InChI=1S/C20H27FN2O/c1-3-16(2)13-22-12-10-20(15-22)9-6-11-23(19(20)24)14-17-7-4-5-8-18(17)21/h3-5,7-8H,6,9-15H2,1-2H3. The van der Waals surface area contributed by atoms with Crippen molar-refractivity contribution < 1.29 is 9.18 Å². The van der Waals surface area contributed by atoms with E-state index in [0.29, 0.717) is 12.1 Å². The zero-order valence-electron chi connectivity index (χ0n) is 14.7. The molecule has 1 amide bonds. The number of benzene rings is 1. The van der Waals surface area contributed by atoms with Crippen molar-refractivity contribution in [3.05, 3.63) is 47.3 Å². The van der Waals surface area contributed by atoms with Gasteiger partial charge in [-0.25, -0.2) is 4.39 Å². The highest BCUT2D eigenvalue weighted by Crippen LogP contribution is 2.40. The molecule has 3 nitrogen and oxygen atoms in total. The van der Waals surface area contributed by atoms with Crippen LogP contribution in [-0.4, -0.2) is 41.9 Å². The Labute approximate surface area is 144 Å². The molecule has 1 unspecified atom stereocenters. The number of amides is 1. The fraction of sp³-hybridized carbons (Fsp3) is 0.550. The van der Waals surface area contributed by atoms with Crippen LogP contribution in [0.15, 0.2) is 35.9 Å². The highest BCUT2D eigenvalue weighted by Gasteiger charge is 2.48. The lowest BCUT2D eigenvalue weighted by molar-refractivity contribution is -0.146. The van der Waals surface area contributed by atoms with Gasteiger partial charge in [0.25, 0.3) is 0 Å². The Morgan fingerprint density at radius 2 is 2.08 bits per heavy atom. The molecule has 2 heterocycles. The van der Waals surface area contributed by atoms with E-state index in [9.17, 15) is 9.18 Å². The highest BCUT2D eigenvalue weighted by molar-refractivity contribution is 5.84. The monoisotopic (exact) mass is 330 g/mol. The Kier molecular flexibility index (Phi) is 5.04. The lowest BCUT2D eigenvalue weighted by Crippen LogP contribution is -2.49. The molecule has 1 spiro atoms. The molecule has 2 saturated heterocycles. The van der Waals surface area contributed by atoms with Crippen molar-refractivity contribution in [3.8, 4) is 0 Å². The number of halogens is 1. The van der Waals surface area contributed by atoms with Crippen LogP contribution in [0.4, 0.5) is 4.39 Å². The third-order valence-corrected chi connectivity index (χ3v) is 5.54. The lowest BCUT2D eigenvalue weighted by Gasteiger charge is -2.39. The number of hydrogen-bond donors (Lipinski definition) is 0. The van der Waals surface area contributed by atoms with Crippen LogP contribution in [0.3, 0.4) is 0 Å². The Morgan fingerprint density at radius 1 is 1.29 bits per heavy atom. The summed E-state index contributed by atoms with van der Waals surface area (Å²) in [7, 11) is 0. The van der Waals surface area contributed by atoms with Crippen molar-refractivity contribution in [3.63, 3.8) is 0 Å². The second kappa shape index (κ2) is 7.06. The molecule has 0 saturated carbocycles. The molecule has 2 aliphatic rings. The maximum Gasteiger partial charge on any atom is 0.230 e. The largest absolute Gasteiger partial charge is 0.338 e. The summed E-state index contributed by atoms with van der Waals surface area (Å²) in [5.41, 5.74) is 1.71. The molecule has 0 aromatic heterocycles. The highest BCUT2D eigenvalue weighted by atomic mass is 19.1. The van der Waals surface area contributed by atoms with Gasteiger partial charge < -0.3 is 4.90 Å². The molecular weight excluding hydrogens is 303 g/mol. The summed E-state index contributed by atoms with van der Waals surface area (Å²) in [6.45, 7) is 8.08. The van der Waals surface area contributed by atoms with Gasteiger partial charge in [0.1, 0.15) is 5.82 Å². The Balaban J connectivity index is 1.70. The molecule has 2 fully saturated rings. The number of allylic oxidation sites excluding steroid dienone is 1. The molecule has 4 heteroatoms. The van der Waals surface area contributed by atoms with Crippen LogP contribution in [0.1, 0.15) is 38.7 Å². The minimum absolute atomic E-state index is 0.220. The van der Waals surface area contributed by atoms with E-state index in [-0.39, 0.29) is 17.1 Å². The first-order valence-electron chi connectivity index (χ1n) is 8.91. The molecule has 1 aromatic rings. The number of piperidine rings is 1. The molecule has 1 atom stereocenters. The summed E-state index contributed by atoms with van der Waals surface area (Å²) in [6.07, 6.45) is 5.04. The molecule has 24 heavy (non-hydrogen) atoms. The van der Waals surface area contributed by atoms with E-state index in [4.69, 9.17) is 0 Å². The first-order chi connectivity index (χ1) is 11.5. The first kappa shape index (κ1) is 17.2. The second-order valence-electron chi connectivity index (χ2n) is 7.30. The maximum atomic E-state index is 13.9. The third kappa shape index (κ3) is 3.39. The number of hydrogen-bond acceptors (Lipinski definition) is 2. The molecule has 0 bridgehead atoms. The lowest BCUT2D eigenvalue weighted by atomic mass is 9.78. The van der Waals surface area contributed by atoms with Crippen molar-refractivity contribution in [1.29, 1.82) is 0 Å². The van der Waals surface area contributed by atoms with Crippen LogP contribution in [0.5, 0.6) is 0 Å². The Hall–Kier alpha value is -1.68. The van der Waals surface area contributed by atoms with Crippen LogP contribution < -0.4 is 0 Å². The Morgan fingerprint density at radius 3 is 2.83 bits per heavy atom. The summed E-state index contributed by atoms with van der Waals surface area (Å²) >= 11 is 0. The minimum atomic E-state index is -0.252. The Bertz CT molecular complexity index is 642. The molecule has 0 N–H and O–H groups in total. The predicted molar refractivity (Wildman–Crippen MR) is 94.0 cm³/mol. The van der Waals surface area contributed by atoms with Crippen molar-refractivity contribution in [1.82, 2.24) is 9.80 Å². The quantitative estimate of drug-likeness (QED) is 0.788. The van der Waals surface area contributed by atoms with E-state index in [0.717, 1.165) is 45.4 Å². The number of nitrogens with zero attached hydrogens (tertiary/aromatic N) is 2. The van der Waals surface area contributed by atoms with E-state index in [1.165, 1.54) is 11.6 Å². The number of carbonyl (C=O) groups is 1.